The van der Waals surface area contributed by atoms with Crippen LogP contribution < -0.4 is 14.4 Å². The van der Waals surface area contributed by atoms with Crippen LogP contribution in [0.15, 0.2) is 72.8 Å². The largest absolute Gasteiger partial charge is 0.492 e. The van der Waals surface area contributed by atoms with Gasteiger partial charge in [0, 0.05) is 31.4 Å². The third kappa shape index (κ3) is 4.13. The quantitative estimate of drug-likeness (QED) is 0.604. The van der Waals surface area contributed by atoms with Crippen LogP contribution in [0.1, 0.15) is 0 Å². The van der Waals surface area contributed by atoms with Gasteiger partial charge < -0.3 is 19.1 Å². The molecule has 1 saturated heterocycles. The summed E-state index contributed by atoms with van der Waals surface area (Å²) in [6.07, 6.45) is 0. The van der Waals surface area contributed by atoms with E-state index in [2.05, 4.69) is 64.4 Å². The minimum absolute atomic E-state index is 0.505. The number of hydrogen-bond acceptors (Lipinski definition) is 5. The minimum Gasteiger partial charge on any atom is -0.492 e. The Bertz CT molecular complexity index is 987. The van der Waals surface area contributed by atoms with Gasteiger partial charge in [0.25, 0.3) is 0 Å². The molecule has 5 rings (SSSR count). The molecule has 2 aliphatic heterocycles. The maximum absolute atomic E-state index is 6.02. The van der Waals surface area contributed by atoms with Gasteiger partial charge in [0.15, 0.2) is 6.73 Å². The molecule has 2 aliphatic rings. The summed E-state index contributed by atoms with van der Waals surface area (Å²) < 4.78 is 17.4. The molecule has 0 saturated carbocycles. The van der Waals surface area contributed by atoms with E-state index in [1.54, 1.807) is 0 Å². The summed E-state index contributed by atoms with van der Waals surface area (Å²) in [7, 11) is 0. The maximum Gasteiger partial charge on any atom is 0.165 e. The first kappa shape index (κ1) is 19.0. The molecule has 0 atom stereocenters. The molecule has 0 N–H and O–H groups in total. The lowest BCUT2D eigenvalue weighted by Crippen LogP contribution is -2.38. The summed E-state index contributed by atoms with van der Waals surface area (Å²) in [5, 5.41) is 0. The Hall–Kier alpha value is -3.02. The van der Waals surface area contributed by atoms with Gasteiger partial charge in [-0.1, -0.05) is 42.5 Å². The monoisotopic (exact) mass is 402 g/mol. The van der Waals surface area contributed by atoms with Crippen LogP contribution in [0.25, 0.3) is 11.1 Å². The van der Waals surface area contributed by atoms with E-state index in [0.29, 0.717) is 13.3 Å². The van der Waals surface area contributed by atoms with Gasteiger partial charge in [0.1, 0.15) is 18.1 Å². The molecule has 5 heteroatoms. The van der Waals surface area contributed by atoms with Crippen molar-refractivity contribution in [3.05, 3.63) is 72.8 Å². The summed E-state index contributed by atoms with van der Waals surface area (Å²) in [4.78, 5) is 4.56. The molecule has 154 valence electrons. The van der Waals surface area contributed by atoms with Crippen LogP contribution in [-0.2, 0) is 4.74 Å². The molecule has 3 aromatic carbocycles. The number of rotatable bonds is 6. The normalized spacial score (nSPS) is 16.2. The van der Waals surface area contributed by atoms with Crippen LogP contribution in [0.5, 0.6) is 11.5 Å². The van der Waals surface area contributed by atoms with Gasteiger partial charge in [-0.3, -0.25) is 4.90 Å². The minimum atomic E-state index is 0.505. The molecule has 2 heterocycles. The van der Waals surface area contributed by atoms with Crippen molar-refractivity contribution in [3.8, 4) is 22.6 Å². The smallest absolute Gasteiger partial charge is 0.165 e. The number of hydrogen-bond donors (Lipinski definition) is 0. The third-order valence-electron chi connectivity index (χ3n) is 5.62. The predicted molar refractivity (Wildman–Crippen MR) is 119 cm³/mol. The van der Waals surface area contributed by atoms with E-state index in [0.717, 1.165) is 61.3 Å². The molecular weight excluding hydrogens is 376 g/mol. The molecular formula is C25H26N2O3. The number of fused-ring (bicyclic) bond motifs is 1. The van der Waals surface area contributed by atoms with E-state index in [1.165, 1.54) is 5.56 Å². The summed E-state index contributed by atoms with van der Waals surface area (Å²) >= 11 is 0. The Balaban J connectivity index is 1.27. The van der Waals surface area contributed by atoms with Gasteiger partial charge in [0.2, 0.25) is 0 Å². The Morgan fingerprint density at radius 3 is 2.57 bits per heavy atom. The highest BCUT2D eigenvalue weighted by atomic mass is 16.5. The molecule has 0 unspecified atom stereocenters. The van der Waals surface area contributed by atoms with E-state index < -0.39 is 0 Å². The highest BCUT2D eigenvalue weighted by Gasteiger charge is 2.22. The van der Waals surface area contributed by atoms with Gasteiger partial charge in [-0.05, 0) is 35.4 Å². The molecule has 0 bridgehead atoms. The molecule has 0 amide bonds. The molecule has 0 spiro atoms. The number of ether oxygens (including phenoxy) is 3. The molecule has 0 aromatic heterocycles. The lowest BCUT2D eigenvalue weighted by Gasteiger charge is -2.26. The van der Waals surface area contributed by atoms with E-state index in [4.69, 9.17) is 14.2 Å². The van der Waals surface area contributed by atoms with Crippen molar-refractivity contribution in [2.24, 2.45) is 0 Å². The van der Waals surface area contributed by atoms with Crippen LogP contribution >= 0.6 is 0 Å². The van der Waals surface area contributed by atoms with Crippen molar-refractivity contribution in [1.82, 2.24) is 4.90 Å². The SMILES string of the molecule is c1ccc(-c2ccc3c(c2)OCN3c2cccc(OCCN3CCOCC3)c2)cc1. The fraction of sp³-hybridized carbons (Fsp3) is 0.280. The Morgan fingerprint density at radius 2 is 1.70 bits per heavy atom. The summed E-state index contributed by atoms with van der Waals surface area (Å²) in [5.41, 5.74) is 4.51. The van der Waals surface area contributed by atoms with Crippen LogP contribution in [0, 0.1) is 0 Å². The fourth-order valence-corrected chi connectivity index (χ4v) is 3.94. The molecule has 0 aliphatic carbocycles. The molecule has 30 heavy (non-hydrogen) atoms. The first-order valence-electron chi connectivity index (χ1n) is 10.5. The first-order chi connectivity index (χ1) is 14.9. The van der Waals surface area contributed by atoms with Gasteiger partial charge in [-0.25, -0.2) is 0 Å². The molecule has 5 nitrogen and oxygen atoms in total. The van der Waals surface area contributed by atoms with Crippen molar-refractivity contribution in [3.63, 3.8) is 0 Å². The highest BCUT2D eigenvalue weighted by molar-refractivity contribution is 5.77. The van der Waals surface area contributed by atoms with E-state index in [9.17, 15) is 0 Å². The van der Waals surface area contributed by atoms with Crippen LogP contribution in [0.2, 0.25) is 0 Å². The van der Waals surface area contributed by atoms with Gasteiger partial charge in [-0.15, -0.1) is 0 Å². The highest BCUT2D eigenvalue weighted by Crippen LogP contribution is 2.41. The van der Waals surface area contributed by atoms with E-state index in [1.807, 2.05) is 18.2 Å². The number of nitrogens with zero attached hydrogens (tertiary/aromatic N) is 2. The van der Waals surface area contributed by atoms with Crippen molar-refractivity contribution >= 4 is 11.4 Å². The van der Waals surface area contributed by atoms with Gasteiger partial charge >= 0.3 is 0 Å². The van der Waals surface area contributed by atoms with Crippen LogP contribution in [-0.4, -0.2) is 51.1 Å². The van der Waals surface area contributed by atoms with Crippen molar-refractivity contribution in [1.29, 1.82) is 0 Å². The van der Waals surface area contributed by atoms with Gasteiger partial charge in [-0.2, -0.15) is 0 Å². The third-order valence-corrected chi connectivity index (χ3v) is 5.62. The second-order valence-corrected chi connectivity index (χ2v) is 7.55. The molecule has 3 aromatic rings. The summed E-state index contributed by atoms with van der Waals surface area (Å²) in [5.74, 6) is 1.80. The Kier molecular flexibility index (Phi) is 5.55. The molecule has 0 radical (unpaired) electrons. The summed E-state index contributed by atoms with van der Waals surface area (Å²) in [6, 6.07) is 25.0. The zero-order valence-electron chi connectivity index (χ0n) is 17.0. The van der Waals surface area contributed by atoms with E-state index >= 15 is 0 Å². The first-order valence-corrected chi connectivity index (χ1v) is 10.5. The maximum atomic E-state index is 6.02. The average Bonchev–Trinajstić information content (AvgIpc) is 3.24. The lowest BCUT2D eigenvalue weighted by atomic mass is 10.0. The van der Waals surface area contributed by atoms with Crippen molar-refractivity contribution < 1.29 is 14.2 Å². The number of benzene rings is 3. The molecule has 1 fully saturated rings. The zero-order valence-corrected chi connectivity index (χ0v) is 17.0. The number of morpholine rings is 1. The van der Waals surface area contributed by atoms with Gasteiger partial charge in [0.05, 0.1) is 18.9 Å². The van der Waals surface area contributed by atoms with Crippen LogP contribution in [0.4, 0.5) is 11.4 Å². The van der Waals surface area contributed by atoms with E-state index in [-0.39, 0.29) is 0 Å². The average molecular weight is 402 g/mol. The second-order valence-electron chi connectivity index (χ2n) is 7.55. The Morgan fingerprint density at radius 1 is 0.833 bits per heavy atom. The van der Waals surface area contributed by atoms with Crippen molar-refractivity contribution in [2.75, 3.05) is 51.1 Å². The lowest BCUT2D eigenvalue weighted by molar-refractivity contribution is 0.0322. The van der Waals surface area contributed by atoms with Crippen molar-refractivity contribution in [2.45, 2.75) is 0 Å². The topological polar surface area (TPSA) is 34.2 Å². The number of anilines is 2. The summed E-state index contributed by atoms with van der Waals surface area (Å²) in [6.45, 7) is 5.70. The van der Waals surface area contributed by atoms with Crippen LogP contribution in [0.3, 0.4) is 0 Å². The second kappa shape index (κ2) is 8.78. The Labute approximate surface area is 177 Å². The predicted octanol–water partition coefficient (Wildman–Crippen LogP) is 4.55. The standard InChI is InChI=1S/C25H26N2O3/c1-2-5-20(6-3-1)21-9-10-24-25(17-21)30-19-27(24)22-7-4-8-23(18-22)29-16-13-26-11-14-28-15-12-26/h1-10,17-18H,11-16,19H2. The zero-order chi connectivity index (χ0) is 20.2. The fourth-order valence-electron chi connectivity index (χ4n) is 3.94.